The molecule has 0 saturated heterocycles. The van der Waals surface area contributed by atoms with E-state index in [2.05, 4.69) is 61.2 Å². The Kier molecular flexibility index (Phi) is 5.23. The van der Waals surface area contributed by atoms with Gasteiger partial charge in [0.2, 0.25) is 0 Å². The second kappa shape index (κ2) is 6.89. The summed E-state index contributed by atoms with van der Waals surface area (Å²) in [5.74, 6) is 0.597. The molecule has 0 aliphatic carbocycles. The molecule has 0 aliphatic rings. The van der Waals surface area contributed by atoms with Gasteiger partial charge in [-0.1, -0.05) is 39.0 Å². The maximum Gasteiger partial charge on any atom is 0.193 e. The number of nitrogens with zero attached hydrogens (tertiary/aromatic N) is 1. The second-order valence-corrected chi connectivity index (χ2v) is 7.16. The van der Waals surface area contributed by atoms with Crippen molar-refractivity contribution < 1.29 is 0 Å². The SMILES string of the molecule is CNc1nccc2[nH]c(-c3ccc(C(C)(C)C)cc3C)cc(=O)c12.Cl. The number of aromatic amines is 1. The van der Waals surface area contributed by atoms with E-state index in [0.717, 1.165) is 22.3 Å². The Morgan fingerprint density at radius 3 is 2.44 bits per heavy atom. The molecule has 2 aromatic heterocycles. The van der Waals surface area contributed by atoms with Crippen molar-refractivity contribution in [3.8, 4) is 11.3 Å². The van der Waals surface area contributed by atoms with Crippen LogP contribution in [0.2, 0.25) is 0 Å². The largest absolute Gasteiger partial charge is 0.372 e. The lowest BCUT2D eigenvalue weighted by atomic mass is 9.85. The number of rotatable bonds is 2. The van der Waals surface area contributed by atoms with Crippen molar-refractivity contribution in [2.45, 2.75) is 33.1 Å². The average Bonchev–Trinajstić information content (AvgIpc) is 2.53. The maximum atomic E-state index is 12.6. The van der Waals surface area contributed by atoms with Gasteiger partial charge in [0, 0.05) is 30.6 Å². The molecule has 0 atom stereocenters. The molecule has 132 valence electrons. The highest BCUT2D eigenvalue weighted by Crippen LogP contribution is 2.29. The van der Waals surface area contributed by atoms with E-state index in [0.29, 0.717) is 11.2 Å². The number of hydrogen-bond donors (Lipinski definition) is 2. The van der Waals surface area contributed by atoms with E-state index < -0.39 is 0 Å². The van der Waals surface area contributed by atoms with Crippen LogP contribution in [0.5, 0.6) is 0 Å². The van der Waals surface area contributed by atoms with Crippen LogP contribution in [0.25, 0.3) is 22.2 Å². The van der Waals surface area contributed by atoms with Gasteiger partial charge in [0.15, 0.2) is 5.43 Å². The summed E-state index contributed by atoms with van der Waals surface area (Å²) >= 11 is 0. The van der Waals surface area contributed by atoms with E-state index >= 15 is 0 Å². The van der Waals surface area contributed by atoms with Crippen LogP contribution in [0.4, 0.5) is 5.82 Å². The summed E-state index contributed by atoms with van der Waals surface area (Å²) < 4.78 is 0. The van der Waals surface area contributed by atoms with E-state index in [1.807, 2.05) is 6.07 Å². The van der Waals surface area contributed by atoms with Crippen molar-refractivity contribution in [2.24, 2.45) is 0 Å². The molecule has 0 fully saturated rings. The number of nitrogens with one attached hydrogen (secondary N) is 2. The van der Waals surface area contributed by atoms with E-state index in [1.165, 1.54) is 5.56 Å². The Labute approximate surface area is 154 Å². The third-order valence-corrected chi connectivity index (χ3v) is 4.36. The molecular formula is C20H24ClN3O. The summed E-state index contributed by atoms with van der Waals surface area (Å²) in [6.45, 7) is 8.68. The zero-order valence-electron chi connectivity index (χ0n) is 15.2. The topological polar surface area (TPSA) is 57.8 Å². The second-order valence-electron chi connectivity index (χ2n) is 7.16. The molecule has 4 nitrogen and oxygen atoms in total. The summed E-state index contributed by atoms with van der Waals surface area (Å²) in [6.07, 6.45) is 1.70. The number of fused-ring (bicyclic) bond motifs is 1. The van der Waals surface area contributed by atoms with Crippen LogP contribution in [0.1, 0.15) is 31.9 Å². The zero-order valence-corrected chi connectivity index (χ0v) is 16.0. The minimum absolute atomic E-state index is 0. The minimum atomic E-state index is -0.0319. The van der Waals surface area contributed by atoms with E-state index in [9.17, 15) is 4.79 Å². The predicted octanol–water partition coefficient (Wildman–Crippen LogP) is 4.66. The number of halogens is 1. The minimum Gasteiger partial charge on any atom is -0.372 e. The maximum absolute atomic E-state index is 12.6. The Bertz CT molecular complexity index is 971. The standard InChI is InChI=1S/C20H23N3O.ClH/c1-12-10-13(20(2,3)4)6-7-14(12)16-11-17(24)18-15(23-16)8-9-22-19(18)21-5;/h6-11H,1-5H3,(H,21,22)(H,23,24);1H. The van der Waals surface area contributed by atoms with Crippen LogP contribution in [-0.4, -0.2) is 17.0 Å². The van der Waals surface area contributed by atoms with Gasteiger partial charge >= 0.3 is 0 Å². The van der Waals surface area contributed by atoms with Gasteiger partial charge in [-0.3, -0.25) is 4.79 Å². The average molecular weight is 358 g/mol. The number of anilines is 1. The molecule has 0 bridgehead atoms. The Morgan fingerprint density at radius 1 is 1.12 bits per heavy atom. The zero-order chi connectivity index (χ0) is 17.5. The molecule has 5 heteroatoms. The molecule has 3 rings (SSSR count). The third kappa shape index (κ3) is 3.54. The van der Waals surface area contributed by atoms with Crippen molar-refractivity contribution in [1.82, 2.24) is 9.97 Å². The van der Waals surface area contributed by atoms with E-state index in [1.54, 1.807) is 19.3 Å². The number of pyridine rings is 2. The van der Waals surface area contributed by atoms with Gasteiger partial charge in [-0.25, -0.2) is 4.98 Å². The van der Waals surface area contributed by atoms with Crippen molar-refractivity contribution in [3.05, 3.63) is 57.9 Å². The first-order valence-electron chi connectivity index (χ1n) is 8.12. The normalized spacial score (nSPS) is 11.2. The first-order valence-corrected chi connectivity index (χ1v) is 8.12. The van der Waals surface area contributed by atoms with E-state index in [-0.39, 0.29) is 23.3 Å². The van der Waals surface area contributed by atoms with Gasteiger partial charge in [0.1, 0.15) is 5.82 Å². The highest BCUT2D eigenvalue weighted by atomic mass is 35.5. The number of H-pyrrole nitrogens is 1. The fourth-order valence-electron chi connectivity index (χ4n) is 2.97. The summed E-state index contributed by atoms with van der Waals surface area (Å²) in [4.78, 5) is 20.2. The number of hydrogen-bond acceptors (Lipinski definition) is 3. The van der Waals surface area contributed by atoms with Gasteiger partial charge in [-0.15, -0.1) is 12.4 Å². The van der Waals surface area contributed by atoms with Crippen molar-refractivity contribution in [1.29, 1.82) is 0 Å². The van der Waals surface area contributed by atoms with Crippen LogP contribution in [-0.2, 0) is 5.41 Å². The Balaban J connectivity index is 0.00000225. The van der Waals surface area contributed by atoms with Gasteiger partial charge in [-0.05, 0) is 29.5 Å². The number of aromatic nitrogens is 2. The monoisotopic (exact) mass is 357 g/mol. The number of benzene rings is 1. The molecule has 1 aromatic carbocycles. The lowest BCUT2D eigenvalue weighted by Crippen LogP contribution is -2.11. The van der Waals surface area contributed by atoms with Crippen molar-refractivity contribution in [2.75, 3.05) is 12.4 Å². The van der Waals surface area contributed by atoms with Crippen molar-refractivity contribution >= 4 is 29.1 Å². The summed E-state index contributed by atoms with van der Waals surface area (Å²) in [7, 11) is 1.77. The molecule has 0 aliphatic heterocycles. The van der Waals surface area contributed by atoms with Crippen LogP contribution in [0.15, 0.2) is 41.3 Å². The fourth-order valence-corrected chi connectivity index (χ4v) is 2.97. The molecule has 0 unspecified atom stereocenters. The lowest BCUT2D eigenvalue weighted by molar-refractivity contribution is 0.590. The quantitative estimate of drug-likeness (QED) is 0.701. The van der Waals surface area contributed by atoms with Gasteiger partial charge in [0.25, 0.3) is 0 Å². The molecule has 0 amide bonds. The molecule has 0 spiro atoms. The number of aryl methyl sites for hydroxylation is 1. The molecular weight excluding hydrogens is 334 g/mol. The third-order valence-electron chi connectivity index (χ3n) is 4.36. The highest BCUT2D eigenvalue weighted by molar-refractivity contribution is 5.90. The van der Waals surface area contributed by atoms with Crippen LogP contribution in [0.3, 0.4) is 0 Å². The smallest absolute Gasteiger partial charge is 0.193 e. The van der Waals surface area contributed by atoms with Gasteiger partial charge in [-0.2, -0.15) is 0 Å². The molecule has 25 heavy (non-hydrogen) atoms. The van der Waals surface area contributed by atoms with Crippen molar-refractivity contribution in [3.63, 3.8) is 0 Å². The summed E-state index contributed by atoms with van der Waals surface area (Å²) in [5, 5.41) is 3.56. The fraction of sp³-hybridized carbons (Fsp3) is 0.300. The van der Waals surface area contributed by atoms with Crippen LogP contribution < -0.4 is 10.7 Å². The summed E-state index contributed by atoms with van der Waals surface area (Å²) in [5.41, 5.74) is 5.18. The Hall–Kier alpha value is -2.33. The van der Waals surface area contributed by atoms with E-state index in [4.69, 9.17) is 0 Å². The molecule has 0 saturated carbocycles. The van der Waals surface area contributed by atoms with Gasteiger partial charge in [0.05, 0.1) is 10.9 Å². The van der Waals surface area contributed by atoms with Crippen LogP contribution >= 0.6 is 12.4 Å². The highest BCUT2D eigenvalue weighted by Gasteiger charge is 2.16. The van der Waals surface area contributed by atoms with Crippen LogP contribution in [0, 0.1) is 6.92 Å². The molecule has 0 radical (unpaired) electrons. The predicted molar refractivity (Wildman–Crippen MR) is 108 cm³/mol. The summed E-state index contributed by atoms with van der Waals surface area (Å²) in [6, 6.07) is 9.91. The molecule has 2 N–H and O–H groups in total. The first-order chi connectivity index (χ1) is 11.3. The first kappa shape index (κ1) is 19.0. The van der Waals surface area contributed by atoms with Gasteiger partial charge < -0.3 is 10.3 Å². The Morgan fingerprint density at radius 2 is 1.84 bits per heavy atom. The lowest BCUT2D eigenvalue weighted by Gasteiger charge is -2.20. The molecule has 3 aromatic rings. The molecule has 2 heterocycles.